The molecule has 1 aromatic heterocycles. The van der Waals surface area contributed by atoms with Gasteiger partial charge in [-0.1, -0.05) is 0 Å². The molecule has 1 aliphatic heterocycles. The number of pyridine rings is 1. The van der Waals surface area contributed by atoms with Crippen LogP contribution in [0.1, 0.15) is 0 Å². The number of rotatable bonds is 4. The smallest absolute Gasteiger partial charge is 0.264 e. The molecule has 1 N–H and O–H groups in total. The van der Waals surface area contributed by atoms with E-state index < -0.39 is 26.6 Å². The third-order valence-electron chi connectivity index (χ3n) is 3.52. The van der Waals surface area contributed by atoms with E-state index in [1.807, 2.05) is 4.90 Å². The summed E-state index contributed by atoms with van der Waals surface area (Å²) in [7, 11) is -4.16. The zero-order chi connectivity index (χ0) is 17.2. The molecule has 0 aliphatic carbocycles. The predicted molar refractivity (Wildman–Crippen MR) is 84.4 cm³/mol. The summed E-state index contributed by atoms with van der Waals surface area (Å²) in [5.41, 5.74) is 0.190. The number of nitrogens with zero attached hydrogens (tertiary/aromatic N) is 2. The van der Waals surface area contributed by atoms with Crippen LogP contribution in [0.15, 0.2) is 41.4 Å². The van der Waals surface area contributed by atoms with E-state index in [-0.39, 0.29) is 5.69 Å². The van der Waals surface area contributed by atoms with Crippen molar-refractivity contribution in [3.05, 3.63) is 48.2 Å². The molecule has 0 atom stereocenters. The van der Waals surface area contributed by atoms with Gasteiger partial charge >= 0.3 is 0 Å². The van der Waals surface area contributed by atoms with Crippen LogP contribution in [-0.4, -0.2) is 39.7 Å². The summed E-state index contributed by atoms with van der Waals surface area (Å²) in [6.45, 7) is 2.64. The average molecular weight is 355 g/mol. The highest BCUT2D eigenvalue weighted by Gasteiger charge is 2.20. The molecule has 1 aromatic carbocycles. The Hall–Kier alpha value is -2.26. The molecule has 6 nitrogen and oxygen atoms in total. The highest BCUT2D eigenvalue weighted by molar-refractivity contribution is 7.92. The predicted octanol–water partition coefficient (Wildman–Crippen LogP) is 2.00. The van der Waals surface area contributed by atoms with Crippen LogP contribution in [0, 0.1) is 11.6 Å². The highest BCUT2D eigenvalue weighted by Crippen LogP contribution is 2.21. The van der Waals surface area contributed by atoms with Crippen molar-refractivity contribution in [2.45, 2.75) is 4.90 Å². The van der Waals surface area contributed by atoms with Crippen molar-refractivity contribution in [3.8, 4) is 0 Å². The van der Waals surface area contributed by atoms with Crippen LogP contribution in [0.25, 0.3) is 0 Å². The fraction of sp³-hybridized carbons (Fsp3) is 0.267. The number of nitrogens with one attached hydrogen (secondary N) is 1. The first-order chi connectivity index (χ1) is 11.5. The van der Waals surface area contributed by atoms with E-state index >= 15 is 0 Å². The van der Waals surface area contributed by atoms with Crippen molar-refractivity contribution in [3.63, 3.8) is 0 Å². The maximum Gasteiger partial charge on any atom is 0.264 e. The minimum atomic E-state index is -4.16. The van der Waals surface area contributed by atoms with Crippen LogP contribution < -0.4 is 9.62 Å². The second-order valence-corrected chi connectivity index (χ2v) is 6.84. The van der Waals surface area contributed by atoms with Gasteiger partial charge in [0.05, 0.1) is 25.1 Å². The Morgan fingerprint density at radius 1 is 1.12 bits per heavy atom. The molecule has 0 unspecified atom stereocenters. The van der Waals surface area contributed by atoms with Gasteiger partial charge in [0.25, 0.3) is 10.0 Å². The molecule has 2 heterocycles. The summed E-state index contributed by atoms with van der Waals surface area (Å²) in [6, 6.07) is 5.50. The van der Waals surface area contributed by atoms with Crippen LogP contribution in [-0.2, 0) is 14.8 Å². The van der Waals surface area contributed by atoms with Crippen LogP contribution in [0.4, 0.5) is 20.3 Å². The van der Waals surface area contributed by atoms with Gasteiger partial charge in [-0.05, 0) is 24.3 Å². The molecule has 0 saturated carbocycles. The van der Waals surface area contributed by atoms with Gasteiger partial charge in [0.15, 0.2) is 0 Å². The zero-order valence-electron chi connectivity index (χ0n) is 12.6. The maximum absolute atomic E-state index is 13.7. The zero-order valence-corrected chi connectivity index (χ0v) is 13.4. The fourth-order valence-electron chi connectivity index (χ4n) is 2.33. The molecule has 1 saturated heterocycles. The molecule has 3 rings (SSSR count). The Bertz CT molecular complexity index is 822. The average Bonchev–Trinajstić information content (AvgIpc) is 2.55. The standard InChI is InChI=1S/C15H15F2N3O3S/c16-11-1-3-14(13(17)9-11)24(21,22)19-12-2-4-15(18-10-12)20-5-7-23-8-6-20/h1-4,9-10,19H,5-8H2. The van der Waals surface area contributed by atoms with E-state index in [4.69, 9.17) is 4.74 Å². The van der Waals surface area contributed by atoms with Gasteiger partial charge in [0.2, 0.25) is 0 Å². The van der Waals surface area contributed by atoms with E-state index in [1.54, 1.807) is 6.07 Å². The molecule has 128 valence electrons. The van der Waals surface area contributed by atoms with E-state index in [0.717, 1.165) is 12.1 Å². The first kappa shape index (κ1) is 16.6. The van der Waals surface area contributed by atoms with Crippen LogP contribution in [0.2, 0.25) is 0 Å². The number of anilines is 2. The first-order valence-electron chi connectivity index (χ1n) is 7.22. The number of benzene rings is 1. The quantitative estimate of drug-likeness (QED) is 0.908. The van der Waals surface area contributed by atoms with Crippen molar-refractivity contribution in [2.24, 2.45) is 0 Å². The van der Waals surface area contributed by atoms with Gasteiger partial charge in [0, 0.05) is 19.2 Å². The Morgan fingerprint density at radius 2 is 1.88 bits per heavy atom. The lowest BCUT2D eigenvalue weighted by atomic mass is 10.3. The molecular weight excluding hydrogens is 340 g/mol. The van der Waals surface area contributed by atoms with Gasteiger partial charge in [-0.2, -0.15) is 0 Å². The summed E-state index contributed by atoms with van der Waals surface area (Å²) in [5.74, 6) is -1.29. The number of sulfonamides is 1. The van der Waals surface area contributed by atoms with E-state index in [1.165, 1.54) is 12.3 Å². The molecule has 0 bridgehead atoms. The number of morpholine rings is 1. The fourth-order valence-corrected chi connectivity index (χ4v) is 3.43. The summed E-state index contributed by atoms with van der Waals surface area (Å²) in [4.78, 5) is 5.60. The van der Waals surface area contributed by atoms with Gasteiger partial charge in [-0.25, -0.2) is 22.2 Å². The molecule has 2 aromatic rings. The third-order valence-corrected chi connectivity index (χ3v) is 4.93. The Balaban J connectivity index is 1.77. The third kappa shape index (κ3) is 3.62. The van der Waals surface area contributed by atoms with Gasteiger partial charge in [-0.3, -0.25) is 4.72 Å². The summed E-state index contributed by atoms with van der Waals surface area (Å²) < 4.78 is 58.4. The van der Waals surface area contributed by atoms with Crippen molar-refractivity contribution < 1.29 is 21.9 Å². The van der Waals surface area contributed by atoms with Gasteiger partial charge < -0.3 is 9.64 Å². The molecule has 0 amide bonds. The Morgan fingerprint density at radius 3 is 2.50 bits per heavy atom. The number of hydrogen-bond acceptors (Lipinski definition) is 5. The molecule has 1 aliphatic rings. The highest BCUT2D eigenvalue weighted by atomic mass is 32.2. The lowest BCUT2D eigenvalue weighted by Gasteiger charge is -2.27. The van der Waals surface area contributed by atoms with Crippen molar-refractivity contribution >= 4 is 21.5 Å². The second kappa shape index (κ2) is 6.70. The number of halogens is 2. The molecule has 9 heteroatoms. The molecule has 0 radical (unpaired) electrons. The monoisotopic (exact) mass is 355 g/mol. The summed E-state index contributed by atoms with van der Waals surface area (Å²) in [6.07, 6.45) is 1.35. The summed E-state index contributed by atoms with van der Waals surface area (Å²) in [5, 5.41) is 0. The van der Waals surface area contributed by atoms with Crippen molar-refractivity contribution in [1.82, 2.24) is 4.98 Å². The number of hydrogen-bond donors (Lipinski definition) is 1. The second-order valence-electron chi connectivity index (χ2n) is 5.18. The van der Waals surface area contributed by atoms with Crippen LogP contribution in [0.5, 0.6) is 0 Å². The molecular formula is C15H15F2N3O3S. The van der Waals surface area contributed by atoms with Crippen molar-refractivity contribution in [2.75, 3.05) is 35.9 Å². The van der Waals surface area contributed by atoms with E-state index in [9.17, 15) is 17.2 Å². The lowest BCUT2D eigenvalue weighted by molar-refractivity contribution is 0.122. The minimum Gasteiger partial charge on any atom is -0.378 e. The summed E-state index contributed by atoms with van der Waals surface area (Å²) >= 11 is 0. The molecule has 24 heavy (non-hydrogen) atoms. The van der Waals surface area contributed by atoms with Gasteiger partial charge in [-0.15, -0.1) is 0 Å². The van der Waals surface area contributed by atoms with E-state index in [0.29, 0.717) is 38.2 Å². The van der Waals surface area contributed by atoms with Crippen LogP contribution in [0.3, 0.4) is 0 Å². The topological polar surface area (TPSA) is 71.5 Å². The Labute approximate surface area is 138 Å². The first-order valence-corrected chi connectivity index (χ1v) is 8.71. The Kier molecular flexibility index (Phi) is 4.63. The molecule has 1 fully saturated rings. The lowest BCUT2D eigenvalue weighted by Crippen LogP contribution is -2.36. The number of aromatic nitrogens is 1. The number of ether oxygens (including phenoxy) is 1. The SMILES string of the molecule is O=S(=O)(Nc1ccc(N2CCOCC2)nc1)c1ccc(F)cc1F. The van der Waals surface area contributed by atoms with Gasteiger partial charge in [0.1, 0.15) is 22.3 Å². The van der Waals surface area contributed by atoms with Crippen LogP contribution >= 0.6 is 0 Å². The maximum atomic E-state index is 13.7. The normalized spacial score (nSPS) is 15.3. The van der Waals surface area contributed by atoms with Crippen molar-refractivity contribution in [1.29, 1.82) is 0 Å². The minimum absolute atomic E-state index is 0.190. The largest absolute Gasteiger partial charge is 0.378 e. The van der Waals surface area contributed by atoms with E-state index in [2.05, 4.69) is 9.71 Å². The molecule has 0 spiro atoms.